The highest BCUT2D eigenvalue weighted by Gasteiger charge is 2.40. The van der Waals surface area contributed by atoms with Crippen molar-refractivity contribution in [1.29, 1.82) is 0 Å². The molecule has 1 unspecified atom stereocenters. The number of carbonyl (C=O) groups is 3. The van der Waals surface area contributed by atoms with Crippen LogP contribution < -0.4 is 5.32 Å². The molecule has 6 heteroatoms. The van der Waals surface area contributed by atoms with Gasteiger partial charge in [0.1, 0.15) is 5.82 Å². The fourth-order valence-electron chi connectivity index (χ4n) is 1.65. The van der Waals surface area contributed by atoms with Crippen LogP contribution in [0.5, 0.6) is 0 Å². The van der Waals surface area contributed by atoms with Crippen LogP contribution in [0.4, 0.5) is 9.18 Å². The molecular formula is C11H9FN2O3. The van der Waals surface area contributed by atoms with Crippen LogP contribution in [0.25, 0.3) is 0 Å². The van der Waals surface area contributed by atoms with Crippen LogP contribution in [-0.4, -0.2) is 22.7 Å². The summed E-state index contributed by atoms with van der Waals surface area (Å²) in [5.41, 5.74) is 0.574. The molecule has 1 fully saturated rings. The summed E-state index contributed by atoms with van der Waals surface area (Å²) in [5, 5.41) is 1.90. The van der Waals surface area contributed by atoms with Gasteiger partial charge in [0, 0.05) is 0 Å². The lowest BCUT2D eigenvalue weighted by Gasteiger charge is -2.20. The van der Waals surface area contributed by atoms with Crippen molar-refractivity contribution in [1.82, 2.24) is 10.2 Å². The van der Waals surface area contributed by atoms with Gasteiger partial charge in [-0.15, -0.1) is 0 Å². The van der Waals surface area contributed by atoms with Gasteiger partial charge in [-0.1, -0.05) is 12.1 Å². The van der Waals surface area contributed by atoms with E-state index in [9.17, 15) is 18.8 Å². The van der Waals surface area contributed by atoms with Gasteiger partial charge in [0.2, 0.25) is 0 Å². The quantitative estimate of drug-likeness (QED) is 0.614. The molecule has 5 nitrogen and oxygen atoms in total. The maximum absolute atomic E-state index is 12.7. The van der Waals surface area contributed by atoms with Crippen molar-refractivity contribution >= 4 is 17.8 Å². The fraction of sp³-hybridized carbons (Fsp3) is 0.182. The first-order chi connectivity index (χ1) is 8.00. The predicted octanol–water partition coefficient (Wildman–Crippen LogP) is 0.965. The average Bonchev–Trinajstić information content (AvgIpc) is 2.53. The Balaban J connectivity index is 2.28. The van der Waals surface area contributed by atoms with E-state index >= 15 is 0 Å². The summed E-state index contributed by atoms with van der Waals surface area (Å²) in [6.45, 7) is 1.59. The fourth-order valence-corrected chi connectivity index (χ4v) is 1.65. The van der Waals surface area contributed by atoms with Crippen LogP contribution in [-0.2, 0) is 9.59 Å². The lowest BCUT2D eigenvalue weighted by molar-refractivity contribution is -0.141. The van der Waals surface area contributed by atoms with E-state index in [0.717, 1.165) is 4.90 Å². The van der Waals surface area contributed by atoms with E-state index < -0.39 is 29.7 Å². The van der Waals surface area contributed by atoms with Gasteiger partial charge in [0.25, 0.3) is 0 Å². The summed E-state index contributed by atoms with van der Waals surface area (Å²) < 4.78 is 12.7. The molecule has 0 bridgehead atoms. The lowest BCUT2D eigenvalue weighted by Crippen LogP contribution is -2.33. The third-order valence-electron chi connectivity index (χ3n) is 2.59. The normalized spacial score (nSPS) is 17.3. The molecule has 0 aromatic heterocycles. The molecule has 0 spiro atoms. The highest BCUT2D eigenvalue weighted by molar-refractivity contribution is 6.44. The maximum atomic E-state index is 12.7. The Kier molecular flexibility index (Phi) is 2.63. The van der Waals surface area contributed by atoms with Gasteiger partial charge in [-0.05, 0) is 24.6 Å². The largest absolute Gasteiger partial charge is 0.332 e. The molecule has 4 amide bonds. The monoisotopic (exact) mass is 236 g/mol. The zero-order chi connectivity index (χ0) is 12.6. The number of carbonyl (C=O) groups excluding carboxylic acids is 3. The van der Waals surface area contributed by atoms with E-state index in [4.69, 9.17) is 0 Å². The number of hydrogen-bond donors (Lipinski definition) is 1. The number of nitrogens with zero attached hydrogens (tertiary/aromatic N) is 1. The number of rotatable bonds is 2. The third-order valence-corrected chi connectivity index (χ3v) is 2.59. The molecule has 1 aliphatic rings. The molecule has 1 aliphatic heterocycles. The molecule has 1 heterocycles. The number of amides is 4. The molecule has 2 rings (SSSR count). The summed E-state index contributed by atoms with van der Waals surface area (Å²) in [4.78, 5) is 34.6. The smallest absolute Gasteiger partial charge is 0.269 e. The minimum Gasteiger partial charge on any atom is -0.269 e. The second kappa shape index (κ2) is 3.97. The third kappa shape index (κ3) is 1.89. The number of benzene rings is 1. The predicted molar refractivity (Wildman–Crippen MR) is 55.2 cm³/mol. The number of halogens is 1. The highest BCUT2D eigenvalue weighted by Crippen LogP contribution is 2.22. The van der Waals surface area contributed by atoms with Crippen molar-refractivity contribution in [2.75, 3.05) is 0 Å². The number of imide groups is 2. The summed E-state index contributed by atoms with van der Waals surface area (Å²) in [5.74, 6) is -2.25. The Bertz CT molecular complexity index is 498. The van der Waals surface area contributed by atoms with Crippen molar-refractivity contribution in [3.8, 4) is 0 Å². The highest BCUT2D eigenvalue weighted by atomic mass is 19.1. The lowest BCUT2D eigenvalue weighted by atomic mass is 10.1. The van der Waals surface area contributed by atoms with Crippen LogP contribution >= 0.6 is 0 Å². The molecule has 1 aromatic carbocycles. The van der Waals surface area contributed by atoms with Gasteiger partial charge in [0.05, 0.1) is 6.04 Å². The Hall–Kier alpha value is -2.24. The number of urea groups is 1. The number of nitrogens with one attached hydrogen (secondary N) is 1. The van der Waals surface area contributed by atoms with Gasteiger partial charge in [0.15, 0.2) is 0 Å². The van der Waals surface area contributed by atoms with Crippen molar-refractivity contribution in [2.24, 2.45) is 0 Å². The van der Waals surface area contributed by atoms with Crippen molar-refractivity contribution < 1.29 is 18.8 Å². The molecule has 0 aliphatic carbocycles. The first kappa shape index (κ1) is 11.3. The van der Waals surface area contributed by atoms with Gasteiger partial charge in [-0.3, -0.25) is 14.9 Å². The second-order valence-electron chi connectivity index (χ2n) is 3.66. The molecule has 1 saturated heterocycles. The van der Waals surface area contributed by atoms with E-state index in [0.29, 0.717) is 5.56 Å². The van der Waals surface area contributed by atoms with Gasteiger partial charge in [-0.25, -0.2) is 14.1 Å². The van der Waals surface area contributed by atoms with E-state index in [1.54, 1.807) is 6.92 Å². The van der Waals surface area contributed by atoms with Crippen molar-refractivity contribution in [2.45, 2.75) is 13.0 Å². The molecule has 88 valence electrons. The van der Waals surface area contributed by atoms with E-state index in [-0.39, 0.29) is 0 Å². The Morgan fingerprint density at radius 1 is 1.18 bits per heavy atom. The van der Waals surface area contributed by atoms with E-state index in [1.165, 1.54) is 24.3 Å². The first-order valence-electron chi connectivity index (χ1n) is 4.94. The standard InChI is InChI=1S/C11H9FN2O3/c1-6(7-2-4-8(12)5-3-7)14-10(16)9(15)13-11(14)17/h2-6H,1H3,(H,13,15,17). The van der Waals surface area contributed by atoms with Crippen LogP contribution in [0.15, 0.2) is 24.3 Å². The molecule has 17 heavy (non-hydrogen) atoms. The number of hydrogen-bond acceptors (Lipinski definition) is 3. The topological polar surface area (TPSA) is 66.5 Å². The van der Waals surface area contributed by atoms with E-state index in [2.05, 4.69) is 0 Å². The molecule has 0 radical (unpaired) electrons. The molecule has 1 aromatic rings. The molecule has 1 N–H and O–H groups in total. The van der Waals surface area contributed by atoms with Crippen LogP contribution in [0.2, 0.25) is 0 Å². The zero-order valence-corrected chi connectivity index (χ0v) is 8.94. The summed E-state index contributed by atoms with van der Waals surface area (Å²) in [6, 6.07) is 4.01. The molecule has 0 saturated carbocycles. The van der Waals surface area contributed by atoms with Crippen LogP contribution in [0.1, 0.15) is 18.5 Å². The van der Waals surface area contributed by atoms with Crippen molar-refractivity contribution in [3.63, 3.8) is 0 Å². The van der Waals surface area contributed by atoms with Crippen molar-refractivity contribution in [3.05, 3.63) is 35.6 Å². The first-order valence-corrected chi connectivity index (χ1v) is 4.94. The Morgan fingerprint density at radius 3 is 2.24 bits per heavy atom. The summed E-state index contributed by atoms with van der Waals surface area (Å²) in [7, 11) is 0. The summed E-state index contributed by atoms with van der Waals surface area (Å²) in [6.07, 6.45) is 0. The van der Waals surface area contributed by atoms with Gasteiger partial charge < -0.3 is 0 Å². The van der Waals surface area contributed by atoms with Gasteiger partial charge >= 0.3 is 17.8 Å². The molecule has 1 atom stereocenters. The minimum atomic E-state index is -0.941. The second-order valence-corrected chi connectivity index (χ2v) is 3.66. The van der Waals surface area contributed by atoms with Crippen LogP contribution in [0.3, 0.4) is 0 Å². The maximum Gasteiger partial charge on any atom is 0.332 e. The van der Waals surface area contributed by atoms with E-state index in [1.807, 2.05) is 5.32 Å². The minimum absolute atomic E-state index is 0.408. The van der Waals surface area contributed by atoms with Gasteiger partial charge in [-0.2, -0.15) is 0 Å². The van der Waals surface area contributed by atoms with Crippen LogP contribution in [0, 0.1) is 5.82 Å². The Labute approximate surface area is 96.2 Å². The molecular weight excluding hydrogens is 227 g/mol. The average molecular weight is 236 g/mol. The SMILES string of the molecule is CC(c1ccc(F)cc1)N1C(=O)NC(=O)C1=O. The zero-order valence-electron chi connectivity index (χ0n) is 8.94. The summed E-state index contributed by atoms with van der Waals surface area (Å²) >= 11 is 0. The Morgan fingerprint density at radius 2 is 1.76 bits per heavy atom.